The summed E-state index contributed by atoms with van der Waals surface area (Å²) in [5.74, 6) is 1.03. The van der Waals surface area contributed by atoms with Gasteiger partial charge in [0.1, 0.15) is 5.82 Å². The van der Waals surface area contributed by atoms with Crippen LogP contribution in [-0.2, 0) is 6.18 Å². The maximum absolute atomic E-state index is 12.5. The van der Waals surface area contributed by atoms with Crippen LogP contribution in [0.2, 0.25) is 0 Å². The average Bonchev–Trinajstić information content (AvgIpc) is 2.39. The number of nitrogens with one attached hydrogen (secondary N) is 1. The lowest BCUT2D eigenvalue weighted by atomic mass is 9.87. The van der Waals surface area contributed by atoms with Gasteiger partial charge in [0.2, 0.25) is 0 Å². The molecule has 0 radical (unpaired) electrons. The Bertz CT molecular complexity index is 398. The molecule has 1 fully saturated rings. The highest BCUT2D eigenvalue weighted by Crippen LogP contribution is 2.30. The first-order chi connectivity index (χ1) is 9.05. The second-order valence-electron chi connectivity index (χ2n) is 5.15. The van der Waals surface area contributed by atoms with E-state index in [1.54, 1.807) is 0 Å². The van der Waals surface area contributed by atoms with Gasteiger partial charge < -0.3 is 5.32 Å². The molecule has 0 aliphatic heterocycles. The zero-order valence-electron chi connectivity index (χ0n) is 10.8. The molecule has 1 aromatic rings. The van der Waals surface area contributed by atoms with Crippen molar-refractivity contribution in [2.45, 2.75) is 44.7 Å². The fourth-order valence-electron chi connectivity index (χ4n) is 2.58. The van der Waals surface area contributed by atoms with Gasteiger partial charge in [-0.1, -0.05) is 32.1 Å². The minimum absolute atomic E-state index is 0.311. The molecule has 1 N–H and O–H groups in total. The Balaban J connectivity index is 1.82. The monoisotopic (exact) mass is 272 g/mol. The molecule has 1 aromatic heterocycles. The molecule has 106 valence electrons. The molecule has 0 amide bonds. The van der Waals surface area contributed by atoms with Gasteiger partial charge in [-0.25, -0.2) is 4.98 Å². The topological polar surface area (TPSA) is 24.9 Å². The Labute approximate surface area is 111 Å². The van der Waals surface area contributed by atoms with E-state index < -0.39 is 11.7 Å². The molecule has 2 nitrogen and oxygen atoms in total. The van der Waals surface area contributed by atoms with E-state index in [1.807, 2.05) is 0 Å². The molecule has 0 unspecified atom stereocenters. The maximum Gasteiger partial charge on any atom is 0.416 e. The van der Waals surface area contributed by atoms with Crippen molar-refractivity contribution in [3.8, 4) is 0 Å². The second kappa shape index (κ2) is 6.26. The predicted molar refractivity (Wildman–Crippen MR) is 68.9 cm³/mol. The van der Waals surface area contributed by atoms with Gasteiger partial charge in [0, 0.05) is 12.7 Å². The summed E-state index contributed by atoms with van der Waals surface area (Å²) < 4.78 is 37.6. The van der Waals surface area contributed by atoms with Crippen molar-refractivity contribution in [1.29, 1.82) is 0 Å². The predicted octanol–water partition coefficient (Wildman–Crippen LogP) is 4.48. The van der Waals surface area contributed by atoms with Gasteiger partial charge in [0.25, 0.3) is 0 Å². The van der Waals surface area contributed by atoms with Crippen LogP contribution in [0.3, 0.4) is 0 Å². The molecular weight excluding hydrogens is 253 g/mol. The van der Waals surface area contributed by atoms with E-state index >= 15 is 0 Å². The Kier molecular flexibility index (Phi) is 4.66. The second-order valence-corrected chi connectivity index (χ2v) is 5.15. The highest BCUT2D eigenvalue weighted by molar-refractivity contribution is 5.38. The molecule has 0 spiro atoms. The van der Waals surface area contributed by atoms with Gasteiger partial charge in [-0.15, -0.1) is 0 Å². The zero-order valence-corrected chi connectivity index (χ0v) is 10.8. The molecule has 2 rings (SSSR count). The van der Waals surface area contributed by atoms with Crippen LogP contribution in [0.25, 0.3) is 0 Å². The third kappa shape index (κ3) is 4.40. The number of halogens is 3. The lowest BCUT2D eigenvalue weighted by molar-refractivity contribution is -0.137. The SMILES string of the molecule is FC(F)(F)c1ccnc(NCCC2CCCCC2)c1. The van der Waals surface area contributed by atoms with Gasteiger partial charge in [0.05, 0.1) is 5.56 Å². The van der Waals surface area contributed by atoms with Crippen LogP contribution in [0, 0.1) is 5.92 Å². The first-order valence-electron chi connectivity index (χ1n) is 6.83. The Morgan fingerprint density at radius 1 is 1.21 bits per heavy atom. The fraction of sp³-hybridized carbons (Fsp3) is 0.643. The van der Waals surface area contributed by atoms with Crippen LogP contribution < -0.4 is 5.32 Å². The van der Waals surface area contributed by atoms with Crippen LogP contribution in [0.5, 0.6) is 0 Å². The van der Waals surface area contributed by atoms with Crippen molar-refractivity contribution in [2.75, 3.05) is 11.9 Å². The van der Waals surface area contributed by atoms with Crippen molar-refractivity contribution in [3.05, 3.63) is 23.9 Å². The Hall–Kier alpha value is -1.26. The minimum Gasteiger partial charge on any atom is -0.370 e. The van der Waals surface area contributed by atoms with E-state index in [9.17, 15) is 13.2 Å². The lowest BCUT2D eigenvalue weighted by Crippen LogP contribution is -2.13. The molecule has 1 aliphatic carbocycles. The number of anilines is 1. The van der Waals surface area contributed by atoms with Crippen LogP contribution in [-0.4, -0.2) is 11.5 Å². The Morgan fingerprint density at radius 3 is 2.63 bits per heavy atom. The lowest BCUT2D eigenvalue weighted by Gasteiger charge is -2.21. The normalized spacial score (nSPS) is 17.4. The summed E-state index contributed by atoms with van der Waals surface area (Å²) in [5.41, 5.74) is -0.650. The number of rotatable bonds is 4. The van der Waals surface area contributed by atoms with Crippen LogP contribution in [0.1, 0.15) is 44.1 Å². The number of hydrogen-bond donors (Lipinski definition) is 1. The van der Waals surface area contributed by atoms with Gasteiger partial charge >= 0.3 is 6.18 Å². The summed E-state index contributed by atoms with van der Waals surface area (Å²) in [7, 11) is 0. The highest BCUT2D eigenvalue weighted by atomic mass is 19.4. The molecule has 1 heterocycles. The first-order valence-corrected chi connectivity index (χ1v) is 6.83. The van der Waals surface area contributed by atoms with Crippen LogP contribution in [0.4, 0.5) is 19.0 Å². The van der Waals surface area contributed by atoms with E-state index in [1.165, 1.54) is 38.3 Å². The van der Waals surface area contributed by atoms with E-state index in [2.05, 4.69) is 10.3 Å². The van der Waals surface area contributed by atoms with Gasteiger partial charge in [-0.05, 0) is 24.5 Å². The molecule has 0 bridgehead atoms. The molecule has 0 atom stereocenters. The largest absolute Gasteiger partial charge is 0.416 e. The van der Waals surface area contributed by atoms with Gasteiger partial charge in [0.15, 0.2) is 0 Å². The van der Waals surface area contributed by atoms with Crippen molar-refractivity contribution in [1.82, 2.24) is 4.98 Å². The van der Waals surface area contributed by atoms with E-state index in [0.717, 1.165) is 18.6 Å². The molecule has 0 aromatic carbocycles. The fourth-order valence-corrected chi connectivity index (χ4v) is 2.58. The van der Waals surface area contributed by atoms with Gasteiger partial charge in [-0.3, -0.25) is 0 Å². The molecular formula is C14H19F3N2. The smallest absolute Gasteiger partial charge is 0.370 e. The summed E-state index contributed by atoms with van der Waals surface area (Å²) >= 11 is 0. The number of pyridine rings is 1. The summed E-state index contributed by atoms with van der Waals surface area (Å²) in [5, 5.41) is 2.99. The van der Waals surface area contributed by atoms with Gasteiger partial charge in [-0.2, -0.15) is 13.2 Å². The van der Waals surface area contributed by atoms with Crippen molar-refractivity contribution < 1.29 is 13.2 Å². The van der Waals surface area contributed by atoms with Crippen LogP contribution >= 0.6 is 0 Å². The van der Waals surface area contributed by atoms with Crippen molar-refractivity contribution >= 4 is 5.82 Å². The standard InChI is InChI=1S/C14H19F3N2/c15-14(16,17)12-7-9-19-13(10-12)18-8-6-11-4-2-1-3-5-11/h7,9-11H,1-6,8H2,(H,18,19). The summed E-state index contributed by atoms with van der Waals surface area (Å²) in [6.07, 6.45) is 4.29. The van der Waals surface area contributed by atoms with E-state index in [0.29, 0.717) is 18.3 Å². The summed E-state index contributed by atoms with van der Waals surface area (Å²) in [4.78, 5) is 3.92. The molecule has 0 saturated heterocycles. The summed E-state index contributed by atoms with van der Waals surface area (Å²) in [6, 6.07) is 2.06. The number of aromatic nitrogens is 1. The third-order valence-electron chi connectivity index (χ3n) is 3.67. The molecule has 5 heteroatoms. The highest BCUT2D eigenvalue weighted by Gasteiger charge is 2.30. The molecule has 1 aliphatic rings. The van der Waals surface area contributed by atoms with Crippen molar-refractivity contribution in [2.24, 2.45) is 5.92 Å². The zero-order chi connectivity index (χ0) is 13.7. The van der Waals surface area contributed by atoms with E-state index in [-0.39, 0.29) is 0 Å². The summed E-state index contributed by atoms with van der Waals surface area (Å²) in [6.45, 7) is 0.693. The third-order valence-corrected chi connectivity index (χ3v) is 3.67. The average molecular weight is 272 g/mol. The maximum atomic E-state index is 12.5. The van der Waals surface area contributed by atoms with Crippen molar-refractivity contribution in [3.63, 3.8) is 0 Å². The molecule has 19 heavy (non-hydrogen) atoms. The van der Waals surface area contributed by atoms with E-state index in [4.69, 9.17) is 0 Å². The van der Waals surface area contributed by atoms with Crippen LogP contribution in [0.15, 0.2) is 18.3 Å². The number of hydrogen-bond acceptors (Lipinski definition) is 2. The number of nitrogens with zero attached hydrogens (tertiary/aromatic N) is 1. The number of alkyl halides is 3. The molecule has 1 saturated carbocycles. The quantitative estimate of drug-likeness (QED) is 0.874. The first kappa shape index (κ1) is 14.2. The minimum atomic E-state index is -4.30. The Morgan fingerprint density at radius 2 is 1.95 bits per heavy atom.